The lowest BCUT2D eigenvalue weighted by atomic mass is 10.00. The smallest absolute Gasteiger partial charge is 0.0873 e. The van der Waals surface area contributed by atoms with E-state index in [1.807, 2.05) is 0 Å². The Bertz CT molecular complexity index is 180. The van der Waals surface area contributed by atoms with E-state index < -0.39 is 10.8 Å². The summed E-state index contributed by atoms with van der Waals surface area (Å²) in [5, 5.41) is 0. The molecule has 2 nitrogen and oxygen atoms in total. The van der Waals surface area contributed by atoms with Crippen molar-refractivity contribution in [1.82, 2.24) is 0 Å². The van der Waals surface area contributed by atoms with Crippen molar-refractivity contribution in [1.29, 1.82) is 0 Å². The van der Waals surface area contributed by atoms with Gasteiger partial charge >= 0.3 is 0 Å². The second kappa shape index (κ2) is 6.19. The molecule has 0 aromatic heterocycles. The van der Waals surface area contributed by atoms with Crippen LogP contribution in [0.25, 0.3) is 0 Å². The van der Waals surface area contributed by atoms with E-state index >= 15 is 0 Å². The molecule has 3 heteroatoms. The van der Waals surface area contributed by atoms with E-state index in [-0.39, 0.29) is 0 Å². The van der Waals surface area contributed by atoms with Crippen molar-refractivity contribution in [3.05, 3.63) is 12.8 Å². The molecule has 0 aromatic rings. The molecule has 1 rings (SSSR count). The SMILES string of the molecule is C=COCCCC1CCCS(=O)C1. The summed E-state index contributed by atoms with van der Waals surface area (Å²) in [6.45, 7) is 4.24. The fraction of sp³-hybridized carbons (Fsp3) is 0.800. The zero-order chi connectivity index (χ0) is 9.52. The number of hydrogen-bond acceptors (Lipinski definition) is 2. The zero-order valence-electron chi connectivity index (χ0n) is 8.04. The molecule has 76 valence electrons. The van der Waals surface area contributed by atoms with Crippen LogP contribution in [0.2, 0.25) is 0 Å². The Labute approximate surface area is 82.8 Å². The number of rotatable bonds is 5. The lowest BCUT2D eigenvalue weighted by molar-refractivity contribution is 0.234. The third-order valence-electron chi connectivity index (χ3n) is 2.40. The van der Waals surface area contributed by atoms with Gasteiger partial charge in [-0.3, -0.25) is 4.21 Å². The number of hydrogen-bond donors (Lipinski definition) is 0. The molecule has 13 heavy (non-hydrogen) atoms. The number of ether oxygens (including phenoxy) is 1. The summed E-state index contributed by atoms with van der Waals surface area (Å²) in [6, 6.07) is 0. The third-order valence-corrected chi connectivity index (χ3v) is 3.99. The quantitative estimate of drug-likeness (QED) is 0.504. The average molecular weight is 202 g/mol. The summed E-state index contributed by atoms with van der Waals surface area (Å²) in [5.41, 5.74) is 0. The van der Waals surface area contributed by atoms with Crippen molar-refractivity contribution in [2.75, 3.05) is 18.1 Å². The van der Waals surface area contributed by atoms with Crippen LogP contribution < -0.4 is 0 Å². The summed E-state index contributed by atoms with van der Waals surface area (Å²) in [5.74, 6) is 2.50. The molecule has 0 spiro atoms. The highest BCUT2D eigenvalue weighted by Crippen LogP contribution is 2.20. The van der Waals surface area contributed by atoms with Crippen molar-refractivity contribution in [2.24, 2.45) is 5.92 Å². The molecule has 0 bridgehead atoms. The molecule has 1 fully saturated rings. The molecule has 1 heterocycles. The van der Waals surface area contributed by atoms with Gasteiger partial charge in [0.2, 0.25) is 0 Å². The lowest BCUT2D eigenvalue weighted by Gasteiger charge is -2.20. The summed E-state index contributed by atoms with van der Waals surface area (Å²) >= 11 is 0. The van der Waals surface area contributed by atoms with Crippen LogP contribution in [-0.2, 0) is 15.5 Å². The first kappa shape index (κ1) is 10.8. The molecule has 2 unspecified atom stereocenters. The highest BCUT2D eigenvalue weighted by molar-refractivity contribution is 7.85. The Morgan fingerprint density at radius 1 is 1.62 bits per heavy atom. The maximum Gasteiger partial charge on any atom is 0.0873 e. The van der Waals surface area contributed by atoms with Gasteiger partial charge in [-0.1, -0.05) is 6.58 Å². The van der Waals surface area contributed by atoms with E-state index in [0.717, 1.165) is 37.4 Å². The Morgan fingerprint density at radius 3 is 3.15 bits per heavy atom. The minimum atomic E-state index is -0.538. The van der Waals surface area contributed by atoms with Gasteiger partial charge in [0.1, 0.15) is 0 Å². The first-order chi connectivity index (χ1) is 6.33. The predicted molar refractivity (Wildman–Crippen MR) is 56.0 cm³/mol. The first-order valence-electron chi connectivity index (χ1n) is 4.90. The van der Waals surface area contributed by atoms with Crippen LogP contribution in [0.1, 0.15) is 25.7 Å². The molecule has 0 aromatic carbocycles. The first-order valence-corrected chi connectivity index (χ1v) is 6.39. The van der Waals surface area contributed by atoms with Gasteiger partial charge in [0.15, 0.2) is 0 Å². The van der Waals surface area contributed by atoms with Crippen LogP contribution in [0.15, 0.2) is 12.8 Å². The molecular weight excluding hydrogens is 184 g/mol. The van der Waals surface area contributed by atoms with Gasteiger partial charge in [0, 0.05) is 22.3 Å². The van der Waals surface area contributed by atoms with Crippen molar-refractivity contribution >= 4 is 10.8 Å². The van der Waals surface area contributed by atoms with E-state index in [4.69, 9.17) is 4.74 Å². The molecule has 0 N–H and O–H groups in total. The summed E-state index contributed by atoms with van der Waals surface area (Å²) in [7, 11) is -0.538. The largest absolute Gasteiger partial charge is 0.502 e. The average Bonchev–Trinajstić information content (AvgIpc) is 2.13. The summed E-state index contributed by atoms with van der Waals surface area (Å²) in [4.78, 5) is 0. The van der Waals surface area contributed by atoms with Gasteiger partial charge < -0.3 is 4.74 Å². The maximum absolute atomic E-state index is 11.2. The standard InChI is InChI=1S/C10H18O2S/c1-2-12-7-3-5-10-6-4-8-13(11)9-10/h2,10H,1,3-9H2. The topological polar surface area (TPSA) is 26.3 Å². The maximum atomic E-state index is 11.2. The van der Waals surface area contributed by atoms with Gasteiger partial charge in [-0.2, -0.15) is 0 Å². The Balaban J connectivity index is 2.06. The second-order valence-electron chi connectivity index (χ2n) is 3.50. The van der Waals surface area contributed by atoms with Gasteiger partial charge in [0.05, 0.1) is 12.9 Å². The lowest BCUT2D eigenvalue weighted by Crippen LogP contribution is -2.20. The normalized spacial score (nSPS) is 28.3. The van der Waals surface area contributed by atoms with Crippen molar-refractivity contribution in [3.8, 4) is 0 Å². The van der Waals surface area contributed by atoms with Crippen LogP contribution >= 0.6 is 0 Å². The molecule has 2 atom stereocenters. The zero-order valence-corrected chi connectivity index (χ0v) is 8.85. The Morgan fingerprint density at radius 2 is 2.46 bits per heavy atom. The van der Waals surface area contributed by atoms with E-state index in [1.165, 1.54) is 12.7 Å². The van der Waals surface area contributed by atoms with E-state index in [2.05, 4.69) is 6.58 Å². The van der Waals surface area contributed by atoms with E-state index in [1.54, 1.807) is 0 Å². The highest BCUT2D eigenvalue weighted by Gasteiger charge is 2.17. The molecule has 0 amide bonds. The van der Waals surface area contributed by atoms with Crippen molar-refractivity contribution in [2.45, 2.75) is 25.7 Å². The molecule has 0 radical (unpaired) electrons. The minimum absolute atomic E-state index is 0.538. The molecular formula is C10H18O2S. The Hall–Kier alpha value is -0.310. The fourth-order valence-corrected chi connectivity index (χ4v) is 3.24. The van der Waals surface area contributed by atoms with Gasteiger partial charge in [-0.25, -0.2) is 0 Å². The molecule has 0 aliphatic carbocycles. The highest BCUT2D eigenvalue weighted by atomic mass is 32.2. The van der Waals surface area contributed by atoms with Crippen LogP contribution in [0.3, 0.4) is 0 Å². The monoisotopic (exact) mass is 202 g/mol. The summed E-state index contributed by atoms with van der Waals surface area (Å²) < 4.78 is 16.3. The fourth-order valence-electron chi connectivity index (χ4n) is 1.73. The van der Waals surface area contributed by atoms with Crippen LogP contribution in [-0.4, -0.2) is 22.3 Å². The molecule has 1 saturated heterocycles. The summed E-state index contributed by atoms with van der Waals surface area (Å²) in [6.07, 6.45) is 6.09. The molecule has 1 aliphatic rings. The second-order valence-corrected chi connectivity index (χ2v) is 5.12. The third kappa shape index (κ3) is 4.46. The van der Waals surface area contributed by atoms with Crippen molar-refractivity contribution in [3.63, 3.8) is 0 Å². The minimum Gasteiger partial charge on any atom is -0.502 e. The van der Waals surface area contributed by atoms with Crippen molar-refractivity contribution < 1.29 is 8.95 Å². The van der Waals surface area contributed by atoms with E-state index in [0.29, 0.717) is 5.92 Å². The van der Waals surface area contributed by atoms with Crippen LogP contribution in [0.4, 0.5) is 0 Å². The predicted octanol–water partition coefficient (Wildman–Crippen LogP) is 2.09. The van der Waals surface area contributed by atoms with Gasteiger partial charge in [0.25, 0.3) is 0 Å². The molecule has 1 aliphatic heterocycles. The van der Waals surface area contributed by atoms with Crippen LogP contribution in [0.5, 0.6) is 0 Å². The van der Waals surface area contributed by atoms with Gasteiger partial charge in [-0.05, 0) is 31.6 Å². The molecule has 0 saturated carbocycles. The van der Waals surface area contributed by atoms with Crippen LogP contribution in [0, 0.1) is 5.92 Å². The van der Waals surface area contributed by atoms with E-state index in [9.17, 15) is 4.21 Å². The Kier molecular flexibility index (Phi) is 5.13. The van der Waals surface area contributed by atoms with Gasteiger partial charge in [-0.15, -0.1) is 0 Å².